The molecule has 7 heteroatoms. The first-order chi connectivity index (χ1) is 8.66. The number of H-pyrrole nitrogens is 1. The molecule has 7 nitrogen and oxygen atoms in total. The fourth-order valence-electron chi connectivity index (χ4n) is 1.45. The van der Waals surface area contributed by atoms with Gasteiger partial charge in [0.05, 0.1) is 18.2 Å². The highest BCUT2D eigenvalue weighted by Gasteiger charge is 2.22. The van der Waals surface area contributed by atoms with Crippen molar-refractivity contribution in [1.29, 1.82) is 0 Å². The maximum atomic E-state index is 11.7. The van der Waals surface area contributed by atoms with Gasteiger partial charge in [0.15, 0.2) is 0 Å². The van der Waals surface area contributed by atoms with Crippen LogP contribution in [0.25, 0.3) is 0 Å². The Morgan fingerprint density at radius 1 is 1.56 bits per heavy atom. The zero-order chi connectivity index (χ0) is 13.0. The van der Waals surface area contributed by atoms with Crippen LogP contribution < -0.4 is 5.32 Å². The number of aromatic amines is 1. The first-order valence-electron chi connectivity index (χ1n) is 5.20. The minimum absolute atomic E-state index is 0.138. The molecule has 0 spiro atoms. The van der Waals surface area contributed by atoms with E-state index in [1.165, 1.54) is 31.1 Å². The number of aromatic nitrogens is 2. The van der Waals surface area contributed by atoms with Crippen LogP contribution in [0.1, 0.15) is 16.1 Å². The van der Waals surface area contributed by atoms with E-state index in [9.17, 15) is 9.59 Å². The number of carboxylic acids is 1. The van der Waals surface area contributed by atoms with Gasteiger partial charge in [0, 0.05) is 18.3 Å². The quantitative estimate of drug-likeness (QED) is 0.712. The molecule has 0 bridgehead atoms. The number of carbonyl (C=O) groups excluding carboxylic acids is 1. The summed E-state index contributed by atoms with van der Waals surface area (Å²) in [4.78, 5) is 29.3. The third kappa shape index (κ3) is 2.76. The van der Waals surface area contributed by atoms with Gasteiger partial charge < -0.3 is 19.8 Å². The standard InChI is InChI=1S/C11H11N3O4/c15-10(7-1-2-18-5-7)14-9(11(16)17)3-8-4-12-6-13-8/h1-2,4-6,9H,3H2,(H,12,13)(H,14,15)(H,16,17)/t9-/m1/s1. The molecule has 2 rings (SSSR count). The minimum atomic E-state index is -1.11. The molecule has 0 radical (unpaired) electrons. The topological polar surface area (TPSA) is 108 Å². The van der Waals surface area contributed by atoms with Crippen molar-refractivity contribution in [2.45, 2.75) is 12.5 Å². The Morgan fingerprint density at radius 3 is 2.94 bits per heavy atom. The third-order valence-electron chi connectivity index (χ3n) is 2.37. The van der Waals surface area contributed by atoms with E-state index in [2.05, 4.69) is 15.3 Å². The molecule has 2 heterocycles. The summed E-state index contributed by atoms with van der Waals surface area (Å²) in [7, 11) is 0. The number of imidazole rings is 1. The lowest BCUT2D eigenvalue weighted by atomic mass is 10.1. The summed E-state index contributed by atoms with van der Waals surface area (Å²) in [5.41, 5.74) is 0.917. The molecule has 3 N–H and O–H groups in total. The van der Waals surface area contributed by atoms with Gasteiger partial charge in [0.1, 0.15) is 12.3 Å². The van der Waals surface area contributed by atoms with Crippen LogP contribution >= 0.6 is 0 Å². The smallest absolute Gasteiger partial charge is 0.326 e. The Labute approximate surface area is 102 Å². The van der Waals surface area contributed by atoms with Crippen LogP contribution in [-0.2, 0) is 11.2 Å². The first-order valence-corrected chi connectivity index (χ1v) is 5.20. The van der Waals surface area contributed by atoms with Crippen molar-refractivity contribution in [1.82, 2.24) is 15.3 Å². The highest BCUT2D eigenvalue weighted by Crippen LogP contribution is 2.03. The second-order valence-electron chi connectivity index (χ2n) is 3.66. The fourth-order valence-corrected chi connectivity index (χ4v) is 1.45. The van der Waals surface area contributed by atoms with Gasteiger partial charge in [0.25, 0.3) is 5.91 Å². The highest BCUT2D eigenvalue weighted by molar-refractivity contribution is 5.96. The lowest BCUT2D eigenvalue weighted by Gasteiger charge is -2.12. The molecule has 0 saturated carbocycles. The maximum absolute atomic E-state index is 11.7. The second kappa shape index (κ2) is 5.17. The average Bonchev–Trinajstić information content (AvgIpc) is 3.00. The first kappa shape index (κ1) is 11.9. The Bertz CT molecular complexity index is 518. The van der Waals surface area contributed by atoms with Gasteiger partial charge in [-0.05, 0) is 6.07 Å². The molecule has 0 aromatic carbocycles. The summed E-state index contributed by atoms with van der Waals surface area (Å²) in [6, 6.07) is 0.442. The summed E-state index contributed by atoms with van der Waals surface area (Å²) in [6.07, 6.45) is 5.70. The molecule has 0 fully saturated rings. The molecule has 0 saturated heterocycles. The number of furan rings is 1. The van der Waals surface area contributed by atoms with Gasteiger partial charge >= 0.3 is 5.97 Å². The predicted molar refractivity (Wildman–Crippen MR) is 59.9 cm³/mol. The number of amides is 1. The third-order valence-corrected chi connectivity index (χ3v) is 2.37. The van der Waals surface area contributed by atoms with Crippen molar-refractivity contribution < 1.29 is 19.1 Å². The number of hydrogen-bond donors (Lipinski definition) is 3. The molecular weight excluding hydrogens is 238 g/mol. The molecule has 1 atom stereocenters. The van der Waals surface area contributed by atoms with E-state index in [4.69, 9.17) is 9.52 Å². The Morgan fingerprint density at radius 2 is 2.39 bits per heavy atom. The van der Waals surface area contributed by atoms with Crippen molar-refractivity contribution in [3.8, 4) is 0 Å². The summed E-state index contributed by atoms with van der Waals surface area (Å²) in [5.74, 6) is -1.60. The zero-order valence-corrected chi connectivity index (χ0v) is 9.29. The van der Waals surface area contributed by atoms with Gasteiger partial charge in [0.2, 0.25) is 0 Å². The van der Waals surface area contributed by atoms with Crippen LogP contribution in [0, 0.1) is 0 Å². The number of carboxylic acid groups (broad SMARTS) is 1. The van der Waals surface area contributed by atoms with Crippen LogP contribution in [0.3, 0.4) is 0 Å². The van der Waals surface area contributed by atoms with Crippen LogP contribution in [0.2, 0.25) is 0 Å². The van der Waals surface area contributed by atoms with Gasteiger partial charge in [-0.3, -0.25) is 4.79 Å². The largest absolute Gasteiger partial charge is 0.480 e. The fraction of sp³-hybridized carbons (Fsp3) is 0.182. The molecule has 0 unspecified atom stereocenters. The minimum Gasteiger partial charge on any atom is -0.480 e. The van der Waals surface area contributed by atoms with Crippen molar-refractivity contribution in [3.63, 3.8) is 0 Å². The van der Waals surface area contributed by atoms with Crippen molar-refractivity contribution >= 4 is 11.9 Å². The Kier molecular flexibility index (Phi) is 3.42. The highest BCUT2D eigenvalue weighted by atomic mass is 16.4. The molecular formula is C11H11N3O4. The molecule has 1 amide bonds. The van der Waals surface area contributed by atoms with Gasteiger partial charge in [-0.1, -0.05) is 0 Å². The molecule has 94 valence electrons. The van der Waals surface area contributed by atoms with Gasteiger partial charge in [-0.25, -0.2) is 9.78 Å². The molecule has 18 heavy (non-hydrogen) atoms. The number of aliphatic carboxylic acids is 1. The van der Waals surface area contributed by atoms with Crippen LogP contribution in [0.5, 0.6) is 0 Å². The number of rotatable bonds is 5. The molecule has 0 aliphatic carbocycles. The van der Waals surface area contributed by atoms with Gasteiger partial charge in [-0.15, -0.1) is 0 Å². The van der Waals surface area contributed by atoms with Crippen molar-refractivity contribution in [2.24, 2.45) is 0 Å². The van der Waals surface area contributed by atoms with E-state index in [0.717, 1.165) is 0 Å². The Hall–Kier alpha value is -2.57. The van der Waals surface area contributed by atoms with Crippen LogP contribution in [-0.4, -0.2) is 33.0 Å². The Balaban J connectivity index is 2.03. The molecule has 0 aliphatic heterocycles. The summed E-state index contributed by atoms with van der Waals surface area (Å²) < 4.78 is 4.76. The van der Waals surface area contributed by atoms with E-state index in [-0.39, 0.29) is 12.0 Å². The SMILES string of the molecule is O=C(N[C@H](Cc1cnc[nH]1)C(=O)O)c1ccoc1. The van der Waals surface area contributed by atoms with Crippen LogP contribution in [0.15, 0.2) is 35.5 Å². The molecule has 2 aromatic rings. The van der Waals surface area contributed by atoms with Crippen molar-refractivity contribution in [3.05, 3.63) is 42.4 Å². The van der Waals surface area contributed by atoms with Crippen molar-refractivity contribution in [2.75, 3.05) is 0 Å². The van der Waals surface area contributed by atoms with E-state index in [1.54, 1.807) is 0 Å². The number of hydrogen-bond acceptors (Lipinski definition) is 4. The second-order valence-corrected chi connectivity index (χ2v) is 3.66. The van der Waals surface area contributed by atoms with Crippen LogP contribution in [0.4, 0.5) is 0 Å². The summed E-state index contributed by atoms with van der Waals surface area (Å²) in [5, 5.41) is 11.5. The number of carbonyl (C=O) groups is 2. The molecule has 2 aromatic heterocycles. The zero-order valence-electron chi connectivity index (χ0n) is 9.29. The molecule has 0 aliphatic rings. The lowest BCUT2D eigenvalue weighted by molar-refractivity contribution is -0.139. The maximum Gasteiger partial charge on any atom is 0.326 e. The number of nitrogens with zero attached hydrogens (tertiary/aromatic N) is 1. The lowest BCUT2D eigenvalue weighted by Crippen LogP contribution is -2.42. The average molecular weight is 249 g/mol. The van der Waals surface area contributed by atoms with E-state index >= 15 is 0 Å². The van der Waals surface area contributed by atoms with E-state index < -0.39 is 17.9 Å². The normalized spacial score (nSPS) is 12.0. The monoisotopic (exact) mass is 249 g/mol. The van der Waals surface area contributed by atoms with Gasteiger partial charge in [-0.2, -0.15) is 0 Å². The predicted octanol–water partition coefficient (Wildman–Crippen LogP) is 0.428. The summed E-state index contributed by atoms with van der Waals surface area (Å²) in [6.45, 7) is 0. The van der Waals surface area contributed by atoms with E-state index in [1.807, 2.05) is 0 Å². The number of nitrogens with one attached hydrogen (secondary N) is 2. The van der Waals surface area contributed by atoms with E-state index in [0.29, 0.717) is 5.69 Å². The summed E-state index contributed by atoms with van der Waals surface area (Å²) >= 11 is 0.